The highest BCUT2D eigenvalue weighted by Gasteiger charge is 2.21. The molecule has 1 unspecified atom stereocenters. The maximum absolute atomic E-state index is 6.22. The first kappa shape index (κ1) is 11.3. The summed E-state index contributed by atoms with van der Waals surface area (Å²) in [5.41, 5.74) is 2.73. The fourth-order valence-corrected chi connectivity index (χ4v) is 3.63. The van der Waals surface area contributed by atoms with Crippen molar-refractivity contribution in [3.63, 3.8) is 0 Å². The Balaban J connectivity index is 1.86. The van der Waals surface area contributed by atoms with Crippen molar-refractivity contribution in [3.8, 4) is 0 Å². The molecule has 0 spiro atoms. The molecule has 2 aromatic rings. The van der Waals surface area contributed by atoms with Crippen LogP contribution in [0.5, 0.6) is 0 Å². The molecular formula is C14H14ClNS. The summed E-state index contributed by atoms with van der Waals surface area (Å²) >= 11 is 8.07. The first-order valence-electron chi connectivity index (χ1n) is 5.87. The summed E-state index contributed by atoms with van der Waals surface area (Å²) in [4.78, 5) is 1.48. The molecule has 0 bridgehead atoms. The Morgan fingerprint density at radius 1 is 1.29 bits per heavy atom. The Morgan fingerprint density at radius 3 is 3.06 bits per heavy atom. The molecule has 1 N–H and O–H groups in total. The van der Waals surface area contributed by atoms with Crippen LogP contribution in [0.15, 0.2) is 35.7 Å². The van der Waals surface area contributed by atoms with Crippen molar-refractivity contribution >= 4 is 22.9 Å². The minimum Gasteiger partial charge on any atom is -0.309 e. The lowest BCUT2D eigenvalue weighted by Crippen LogP contribution is -2.29. The Bertz CT molecular complexity index is 520. The van der Waals surface area contributed by atoms with Crippen LogP contribution in [0.1, 0.15) is 22.0 Å². The number of nitrogens with one attached hydrogen (secondary N) is 1. The zero-order valence-electron chi connectivity index (χ0n) is 9.45. The topological polar surface area (TPSA) is 12.0 Å². The largest absolute Gasteiger partial charge is 0.309 e. The van der Waals surface area contributed by atoms with E-state index in [1.807, 2.05) is 23.5 Å². The molecule has 0 aliphatic carbocycles. The van der Waals surface area contributed by atoms with E-state index < -0.39 is 0 Å². The number of benzene rings is 1. The van der Waals surface area contributed by atoms with Crippen molar-refractivity contribution in [2.24, 2.45) is 0 Å². The van der Waals surface area contributed by atoms with Gasteiger partial charge in [-0.2, -0.15) is 0 Å². The summed E-state index contributed by atoms with van der Waals surface area (Å²) in [7, 11) is 0. The Labute approximate surface area is 110 Å². The van der Waals surface area contributed by atoms with Gasteiger partial charge in [0.05, 0.1) is 0 Å². The van der Waals surface area contributed by atoms with Crippen LogP contribution in [0.4, 0.5) is 0 Å². The number of hydrogen-bond donors (Lipinski definition) is 1. The summed E-state index contributed by atoms with van der Waals surface area (Å²) in [5, 5.41) is 6.65. The number of hydrogen-bond acceptors (Lipinski definition) is 2. The van der Waals surface area contributed by atoms with Gasteiger partial charge in [-0.25, -0.2) is 0 Å². The van der Waals surface area contributed by atoms with Gasteiger partial charge in [-0.3, -0.25) is 0 Å². The van der Waals surface area contributed by atoms with E-state index in [4.69, 9.17) is 11.6 Å². The van der Waals surface area contributed by atoms with Gasteiger partial charge in [0.15, 0.2) is 0 Å². The maximum Gasteiger partial charge on any atom is 0.0459 e. The van der Waals surface area contributed by atoms with Crippen molar-refractivity contribution in [3.05, 3.63) is 56.7 Å². The standard InChI is InChI=1S/C14H14ClNS/c15-12-4-2-1-3-11(12)9-13-14-10(5-7-16-13)6-8-17-14/h1-4,6,8,13,16H,5,7,9H2. The predicted molar refractivity (Wildman–Crippen MR) is 73.9 cm³/mol. The number of rotatable bonds is 2. The second-order valence-electron chi connectivity index (χ2n) is 4.36. The van der Waals surface area contributed by atoms with E-state index in [-0.39, 0.29) is 0 Å². The Kier molecular flexibility index (Phi) is 3.19. The van der Waals surface area contributed by atoms with E-state index in [1.165, 1.54) is 16.0 Å². The van der Waals surface area contributed by atoms with Gasteiger partial charge < -0.3 is 5.32 Å². The van der Waals surface area contributed by atoms with Crippen LogP contribution in [0.25, 0.3) is 0 Å². The Morgan fingerprint density at radius 2 is 2.18 bits per heavy atom. The molecule has 3 rings (SSSR count). The molecule has 0 fully saturated rings. The maximum atomic E-state index is 6.22. The third-order valence-corrected chi connectivity index (χ3v) is 4.71. The van der Waals surface area contributed by atoms with Gasteiger partial charge in [0, 0.05) is 15.9 Å². The second kappa shape index (κ2) is 4.81. The molecule has 0 saturated carbocycles. The van der Waals surface area contributed by atoms with Crippen LogP contribution >= 0.6 is 22.9 Å². The third-order valence-electron chi connectivity index (χ3n) is 3.26. The highest BCUT2D eigenvalue weighted by Crippen LogP contribution is 2.31. The van der Waals surface area contributed by atoms with Crippen molar-refractivity contribution in [1.29, 1.82) is 0 Å². The van der Waals surface area contributed by atoms with Gasteiger partial charge in [-0.1, -0.05) is 29.8 Å². The van der Waals surface area contributed by atoms with Gasteiger partial charge in [0.25, 0.3) is 0 Å². The van der Waals surface area contributed by atoms with Gasteiger partial charge in [0.2, 0.25) is 0 Å². The van der Waals surface area contributed by atoms with E-state index in [2.05, 4.69) is 28.9 Å². The minimum absolute atomic E-state index is 0.429. The molecule has 1 atom stereocenters. The quantitative estimate of drug-likeness (QED) is 0.868. The van der Waals surface area contributed by atoms with Crippen molar-refractivity contribution < 1.29 is 0 Å². The van der Waals surface area contributed by atoms with Crippen LogP contribution in [0.2, 0.25) is 5.02 Å². The molecule has 2 heterocycles. The van der Waals surface area contributed by atoms with Gasteiger partial charge in [0.1, 0.15) is 0 Å². The van der Waals surface area contributed by atoms with E-state index in [0.717, 1.165) is 24.4 Å². The molecular weight excluding hydrogens is 250 g/mol. The summed E-state index contributed by atoms with van der Waals surface area (Å²) in [5.74, 6) is 0. The van der Waals surface area contributed by atoms with Crippen molar-refractivity contribution in [2.45, 2.75) is 18.9 Å². The molecule has 0 radical (unpaired) electrons. The average molecular weight is 264 g/mol. The zero-order valence-corrected chi connectivity index (χ0v) is 11.0. The molecule has 1 aliphatic rings. The Hall–Kier alpha value is -0.830. The molecule has 0 saturated heterocycles. The summed E-state index contributed by atoms with van der Waals surface area (Å²) < 4.78 is 0. The summed E-state index contributed by atoms with van der Waals surface area (Å²) in [6.45, 7) is 1.07. The van der Waals surface area contributed by atoms with Crippen LogP contribution < -0.4 is 5.32 Å². The molecule has 0 amide bonds. The molecule has 3 heteroatoms. The van der Waals surface area contributed by atoms with E-state index in [1.54, 1.807) is 0 Å². The van der Waals surface area contributed by atoms with E-state index in [9.17, 15) is 0 Å². The predicted octanol–water partition coefficient (Wildman–Crippen LogP) is 3.83. The lowest BCUT2D eigenvalue weighted by atomic mass is 9.98. The monoisotopic (exact) mass is 263 g/mol. The smallest absolute Gasteiger partial charge is 0.0459 e. The molecule has 1 nitrogen and oxygen atoms in total. The molecule has 1 aromatic heterocycles. The minimum atomic E-state index is 0.429. The number of fused-ring (bicyclic) bond motifs is 1. The number of thiophene rings is 1. The first-order chi connectivity index (χ1) is 8.34. The fourth-order valence-electron chi connectivity index (χ4n) is 2.38. The van der Waals surface area contributed by atoms with Gasteiger partial charge in [-0.05, 0) is 48.0 Å². The van der Waals surface area contributed by atoms with Gasteiger partial charge >= 0.3 is 0 Å². The van der Waals surface area contributed by atoms with E-state index >= 15 is 0 Å². The summed E-state index contributed by atoms with van der Waals surface area (Å²) in [6, 6.07) is 10.8. The van der Waals surface area contributed by atoms with Crippen molar-refractivity contribution in [2.75, 3.05) is 6.54 Å². The van der Waals surface area contributed by atoms with Crippen LogP contribution in [-0.2, 0) is 12.8 Å². The highest BCUT2D eigenvalue weighted by atomic mass is 35.5. The summed E-state index contributed by atoms with van der Waals surface area (Å²) in [6.07, 6.45) is 2.13. The highest BCUT2D eigenvalue weighted by molar-refractivity contribution is 7.10. The lowest BCUT2D eigenvalue weighted by Gasteiger charge is -2.24. The lowest BCUT2D eigenvalue weighted by molar-refractivity contribution is 0.512. The molecule has 1 aliphatic heterocycles. The van der Waals surface area contributed by atoms with Crippen LogP contribution in [0.3, 0.4) is 0 Å². The normalized spacial score (nSPS) is 19.0. The molecule has 17 heavy (non-hydrogen) atoms. The molecule has 1 aromatic carbocycles. The van der Waals surface area contributed by atoms with Crippen LogP contribution in [0, 0.1) is 0 Å². The zero-order chi connectivity index (χ0) is 11.7. The molecule has 88 valence electrons. The SMILES string of the molecule is Clc1ccccc1CC1NCCc2ccsc21. The number of halogens is 1. The average Bonchev–Trinajstić information content (AvgIpc) is 2.81. The first-order valence-corrected chi connectivity index (χ1v) is 7.13. The van der Waals surface area contributed by atoms with Crippen molar-refractivity contribution in [1.82, 2.24) is 5.32 Å². The van der Waals surface area contributed by atoms with Crippen LogP contribution in [-0.4, -0.2) is 6.54 Å². The fraction of sp³-hybridized carbons (Fsp3) is 0.286. The van der Waals surface area contributed by atoms with Gasteiger partial charge in [-0.15, -0.1) is 11.3 Å². The second-order valence-corrected chi connectivity index (χ2v) is 5.72. The third kappa shape index (κ3) is 2.25. The van der Waals surface area contributed by atoms with E-state index in [0.29, 0.717) is 6.04 Å².